The largest absolute Gasteiger partial charge is 0.467 e. The first kappa shape index (κ1) is 12.1. The highest BCUT2D eigenvalue weighted by Crippen LogP contribution is 2.25. The minimum Gasteiger partial charge on any atom is -0.467 e. The lowest BCUT2D eigenvalue weighted by Crippen LogP contribution is -2.22. The van der Waals surface area contributed by atoms with Gasteiger partial charge in [-0.15, -0.1) is 0 Å². The fourth-order valence-electron chi connectivity index (χ4n) is 1.85. The van der Waals surface area contributed by atoms with E-state index in [0.717, 1.165) is 18.0 Å². The van der Waals surface area contributed by atoms with Crippen LogP contribution in [-0.2, 0) is 6.54 Å². The van der Waals surface area contributed by atoms with Crippen molar-refractivity contribution in [3.05, 3.63) is 47.9 Å². The van der Waals surface area contributed by atoms with Crippen molar-refractivity contribution in [2.24, 2.45) is 0 Å². The van der Waals surface area contributed by atoms with Gasteiger partial charge in [-0.25, -0.2) is 0 Å². The molecule has 0 saturated heterocycles. The van der Waals surface area contributed by atoms with E-state index in [0.29, 0.717) is 17.8 Å². The van der Waals surface area contributed by atoms with Crippen LogP contribution < -0.4 is 10.6 Å². The van der Waals surface area contributed by atoms with Crippen LogP contribution >= 0.6 is 0 Å². The summed E-state index contributed by atoms with van der Waals surface area (Å²) >= 11 is 0. The number of nitrogens with zero attached hydrogens (tertiary/aromatic N) is 2. The highest BCUT2D eigenvalue weighted by Gasteiger charge is 2.11. The Bertz CT molecular complexity index is 555. The zero-order valence-corrected chi connectivity index (χ0v) is 10.3. The predicted octanol–water partition coefficient (Wildman–Crippen LogP) is 2.76. The number of rotatable bonds is 4. The molecule has 92 valence electrons. The zero-order valence-electron chi connectivity index (χ0n) is 10.3. The van der Waals surface area contributed by atoms with Crippen LogP contribution in [0.25, 0.3) is 0 Å². The third-order valence-electron chi connectivity index (χ3n) is 2.81. The monoisotopic (exact) mass is 241 g/mol. The Morgan fingerprint density at radius 1 is 1.39 bits per heavy atom. The van der Waals surface area contributed by atoms with Gasteiger partial charge in [-0.1, -0.05) is 0 Å². The Labute approximate surface area is 106 Å². The second-order valence-corrected chi connectivity index (χ2v) is 3.98. The van der Waals surface area contributed by atoms with Crippen LogP contribution in [0.4, 0.5) is 11.4 Å². The molecule has 0 aliphatic heterocycles. The minimum atomic E-state index is 0.608. The number of nitrogen functional groups attached to an aromatic ring is 1. The molecule has 0 aliphatic rings. The molecule has 0 radical (unpaired) electrons. The highest BCUT2D eigenvalue weighted by molar-refractivity contribution is 5.69. The molecule has 4 heteroatoms. The number of furan rings is 1. The molecule has 0 amide bonds. The lowest BCUT2D eigenvalue weighted by atomic mass is 10.1. The second-order valence-electron chi connectivity index (χ2n) is 3.98. The maximum absolute atomic E-state index is 8.94. The van der Waals surface area contributed by atoms with Crippen molar-refractivity contribution in [2.75, 3.05) is 17.2 Å². The van der Waals surface area contributed by atoms with Crippen LogP contribution in [0.2, 0.25) is 0 Å². The minimum absolute atomic E-state index is 0.608. The summed E-state index contributed by atoms with van der Waals surface area (Å²) in [6.45, 7) is 3.48. The van der Waals surface area contributed by atoms with Crippen LogP contribution in [0, 0.1) is 11.3 Å². The maximum Gasteiger partial charge on any atom is 0.123 e. The van der Waals surface area contributed by atoms with Gasteiger partial charge in [-0.05, 0) is 37.3 Å². The van der Waals surface area contributed by atoms with Gasteiger partial charge < -0.3 is 15.1 Å². The number of nitrogens with two attached hydrogens (primary N) is 1. The molecule has 0 unspecified atom stereocenters. The quantitative estimate of drug-likeness (QED) is 0.836. The van der Waals surface area contributed by atoms with E-state index >= 15 is 0 Å². The van der Waals surface area contributed by atoms with Crippen LogP contribution in [-0.4, -0.2) is 6.54 Å². The summed E-state index contributed by atoms with van der Waals surface area (Å²) in [4.78, 5) is 2.08. The van der Waals surface area contributed by atoms with Crippen molar-refractivity contribution in [2.45, 2.75) is 13.5 Å². The van der Waals surface area contributed by atoms with E-state index in [1.807, 2.05) is 25.1 Å². The molecule has 0 atom stereocenters. The highest BCUT2D eigenvalue weighted by atomic mass is 16.3. The van der Waals surface area contributed by atoms with Crippen LogP contribution in [0.3, 0.4) is 0 Å². The maximum atomic E-state index is 8.94. The van der Waals surface area contributed by atoms with Crippen LogP contribution in [0.1, 0.15) is 18.2 Å². The van der Waals surface area contributed by atoms with Crippen molar-refractivity contribution < 1.29 is 4.42 Å². The Balaban J connectivity index is 2.29. The Hall–Kier alpha value is -2.41. The van der Waals surface area contributed by atoms with E-state index in [-0.39, 0.29) is 0 Å². The molecular weight excluding hydrogens is 226 g/mol. The van der Waals surface area contributed by atoms with Gasteiger partial charge in [0, 0.05) is 6.54 Å². The van der Waals surface area contributed by atoms with Gasteiger partial charge in [0.05, 0.1) is 35.8 Å². The Kier molecular flexibility index (Phi) is 3.54. The molecule has 1 aromatic carbocycles. The van der Waals surface area contributed by atoms with Gasteiger partial charge in [0.2, 0.25) is 0 Å². The van der Waals surface area contributed by atoms with Crippen molar-refractivity contribution >= 4 is 11.4 Å². The summed E-state index contributed by atoms with van der Waals surface area (Å²) in [6, 6.07) is 11.2. The van der Waals surface area contributed by atoms with Crippen molar-refractivity contribution in [1.29, 1.82) is 5.26 Å². The number of nitriles is 1. The molecule has 0 saturated carbocycles. The third-order valence-corrected chi connectivity index (χ3v) is 2.81. The molecule has 0 spiro atoms. The summed E-state index contributed by atoms with van der Waals surface area (Å²) in [5.74, 6) is 0.874. The third kappa shape index (κ3) is 2.46. The molecule has 2 rings (SSSR count). The summed E-state index contributed by atoms with van der Waals surface area (Å²) in [6.07, 6.45) is 1.65. The molecular formula is C14H15N3O. The molecule has 0 fully saturated rings. The number of anilines is 2. The predicted molar refractivity (Wildman–Crippen MR) is 71.0 cm³/mol. The topological polar surface area (TPSA) is 66.2 Å². The number of hydrogen-bond acceptors (Lipinski definition) is 4. The van der Waals surface area contributed by atoms with E-state index in [1.165, 1.54) is 0 Å². The number of benzene rings is 1. The Morgan fingerprint density at radius 2 is 2.22 bits per heavy atom. The first-order valence-electron chi connectivity index (χ1n) is 5.81. The first-order valence-corrected chi connectivity index (χ1v) is 5.81. The summed E-state index contributed by atoms with van der Waals surface area (Å²) in [5, 5.41) is 8.94. The fraction of sp³-hybridized carbons (Fsp3) is 0.214. The molecule has 0 bridgehead atoms. The van der Waals surface area contributed by atoms with E-state index in [1.54, 1.807) is 18.4 Å². The Morgan fingerprint density at radius 3 is 2.83 bits per heavy atom. The van der Waals surface area contributed by atoms with E-state index in [9.17, 15) is 0 Å². The van der Waals surface area contributed by atoms with Crippen LogP contribution in [0.15, 0.2) is 41.0 Å². The zero-order chi connectivity index (χ0) is 13.0. The second kappa shape index (κ2) is 5.28. The van der Waals surface area contributed by atoms with Gasteiger partial charge in [-0.2, -0.15) is 5.26 Å². The van der Waals surface area contributed by atoms with Gasteiger partial charge in [0.15, 0.2) is 0 Å². The molecule has 2 aromatic rings. The summed E-state index contributed by atoms with van der Waals surface area (Å²) in [7, 11) is 0. The fourth-order valence-corrected chi connectivity index (χ4v) is 1.85. The van der Waals surface area contributed by atoms with Gasteiger partial charge in [0.1, 0.15) is 5.76 Å². The summed E-state index contributed by atoms with van der Waals surface area (Å²) < 4.78 is 5.34. The standard InChI is InChI=1S/C14H15N3O/c1-2-17(10-12-4-3-7-18-12)14-8-11(9-15)5-6-13(14)16/h3-8H,2,10,16H2,1H3. The number of hydrogen-bond donors (Lipinski definition) is 1. The van der Waals surface area contributed by atoms with Crippen LogP contribution in [0.5, 0.6) is 0 Å². The van der Waals surface area contributed by atoms with E-state index < -0.39 is 0 Å². The van der Waals surface area contributed by atoms with Crippen molar-refractivity contribution in [3.63, 3.8) is 0 Å². The van der Waals surface area contributed by atoms with Crippen molar-refractivity contribution in [3.8, 4) is 6.07 Å². The SMILES string of the molecule is CCN(Cc1ccco1)c1cc(C#N)ccc1N. The van der Waals surface area contributed by atoms with E-state index in [2.05, 4.69) is 11.0 Å². The van der Waals surface area contributed by atoms with Gasteiger partial charge in [0.25, 0.3) is 0 Å². The lowest BCUT2D eigenvalue weighted by Gasteiger charge is -2.23. The van der Waals surface area contributed by atoms with Crippen molar-refractivity contribution in [1.82, 2.24) is 0 Å². The van der Waals surface area contributed by atoms with Gasteiger partial charge >= 0.3 is 0 Å². The molecule has 18 heavy (non-hydrogen) atoms. The molecule has 0 aliphatic carbocycles. The summed E-state index contributed by atoms with van der Waals surface area (Å²) in [5.41, 5.74) is 8.11. The smallest absolute Gasteiger partial charge is 0.123 e. The molecule has 2 N–H and O–H groups in total. The average molecular weight is 241 g/mol. The lowest BCUT2D eigenvalue weighted by molar-refractivity contribution is 0.504. The first-order chi connectivity index (χ1) is 8.74. The van der Waals surface area contributed by atoms with Gasteiger partial charge in [-0.3, -0.25) is 0 Å². The molecule has 1 aromatic heterocycles. The average Bonchev–Trinajstić information content (AvgIpc) is 2.90. The molecule has 1 heterocycles. The molecule has 4 nitrogen and oxygen atoms in total. The van der Waals surface area contributed by atoms with E-state index in [4.69, 9.17) is 15.4 Å². The normalized spacial score (nSPS) is 10.0.